The highest BCUT2D eigenvalue weighted by molar-refractivity contribution is 6.35. The summed E-state index contributed by atoms with van der Waals surface area (Å²) in [4.78, 5) is 43.4. The highest BCUT2D eigenvalue weighted by atomic mass is 35.5. The van der Waals surface area contributed by atoms with E-state index in [0.717, 1.165) is 36.1 Å². The van der Waals surface area contributed by atoms with Crippen molar-refractivity contribution in [2.45, 2.75) is 51.0 Å². The third-order valence-electron chi connectivity index (χ3n) is 6.38. The Hall–Kier alpha value is -2.32. The maximum Gasteiger partial charge on any atom is 0.334 e. The summed E-state index contributed by atoms with van der Waals surface area (Å²) in [5, 5.41) is 0.328. The molecule has 2 amide bonds. The molecule has 0 atom stereocenters. The first kappa shape index (κ1) is 20.9. The first-order valence-corrected chi connectivity index (χ1v) is 11.1. The zero-order chi connectivity index (χ0) is 21.3. The summed E-state index contributed by atoms with van der Waals surface area (Å²) in [6.07, 6.45) is 6.84. The number of aromatic nitrogens is 2. The molecule has 4 rings (SSSR count). The lowest BCUT2D eigenvalue weighted by molar-refractivity contribution is -0.132. The minimum atomic E-state index is -0.868. The summed E-state index contributed by atoms with van der Waals surface area (Å²) in [6, 6.07) is 3.16. The number of hydrogen-bond donors (Lipinski definition) is 2. The zero-order valence-electron chi connectivity index (χ0n) is 17.0. The molecule has 0 aliphatic carbocycles. The van der Waals surface area contributed by atoms with E-state index in [1.807, 2.05) is 4.90 Å². The van der Waals surface area contributed by atoms with E-state index < -0.39 is 11.7 Å². The Bertz CT molecular complexity index is 1000. The van der Waals surface area contributed by atoms with Crippen LogP contribution in [0.5, 0.6) is 0 Å². The van der Waals surface area contributed by atoms with Crippen molar-refractivity contribution in [1.82, 2.24) is 19.4 Å². The standard InChI is InChI=1S/C21H28ClN5O3/c22-16-12-14(13-17-19(16)24-21(30)27(17)20(23)29)4-5-18(28)26-10-6-15(7-11-26)25-8-2-1-3-9-25/h12-13,15H,1-11H2,(H2,23,29)(H,24,30). The van der Waals surface area contributed by atoms with Crippen LogP contribution in [-0.4, -0.2) is 63.5 Å². The van der Waals surface area contributed by atoms with E-state index in [4.69, 9.17) is 17.3 Å². The van der Waals surface area contributed by atoms with Crippen molar-refractivity contribution < 1.29 is 9.59 Å². The number of H-pyrrole nitrogens is 1. The van der Waals surface area contributed by atoms with Crippen LogP contribution in [0.4, 0.5) is 4.79 Å². The van der Waals surface area contributed by atoms with Crippen LogP contribution in [0, 0.1) is 0 Å². The molecule has 2 aromatic rings. The summed E-state index contributed by atoms with van der Waals surface area (Å²) in [5.41, 5.74) is 6.18. The molecule has 3 N–H and O–H groups in total. The third-order valence-corrected chi connectivity index (χ3v) is 6.68. The monoisotopic (exact) mass is 433 g/mol. The fourth-order valence-electron chi connectivity index (χ4n) is 4.76. The Kier molecular flexibility index (Phi) is 6.15. The van der Waals surface area contributed by atoms with Gasteiger partial charge in [0.25, 0.3) is 0 Å². The lowest BCUT2D eigenvalue weighted by atomic mass is 9.99. The average Bonchev–Trinajstić information content (AvgIpc) is 3.09. The van der Waals surface area contributed by atoms with Crippen molar-refractivity contribution in [2.75, 3.05) is 26.2 Å². The van der Waals surface area contributed by atoms with Crippen molar-refractivity contribution in [3.63, 3.8) is 0 Å². The van der Waals surface area contributed by atoms with Crippen LogP contribution in [0.25, 0.3) is 11.0 Å². The number of carbonyl (C=O) groups excluding carboxylic acids is 2. The number of nitrogens with one attached hydrogen (secondary N) is 1. The molecule has 162 valence electrons. The summed E-state index contributed by atoms with van der Waals surface area (Å²) in [7, 11) is 0. The molecular weight excluding hydrogens is 406 g/mol. The van der Waals surface area contributed by atoms with Gasteiger partial charge in [-0.15, -0.1) is 0 Å². The Morgan fingerprint density at radius 1 is 1.10 bits per heavy atom. The van der Waals surface area contributed by atoms with Gasteiger partial charge in [0, 0.05) is 25.6 Å². The van der Waals surface area contributed by atoms with Crippen LogP contribution in [0.15, 0.2) is 16.9 Å². The predicted molar refractivity (Wildman–Crippen MR) is 116 cm³/mol. The largest absolute Gasteiger partial charge is 0.351 e. The Labute approximate surface area is 179 Å². The van der Waals surface area contributed by atoms with E-state index in [2.05, 4.69) is 9.88 Å². The lowest BCUT2D eigenvalue weighted by Gasteiger charge is -2.40. The van der Waals surface area contributed by atoms with Crippen molar-refractivity contribution >= 4 is 34.6 Å². The Morgan fingerprint density at radius 2 is 1.80 bits per heavy atom. The van der Waals surface area contributed by atoms with E-state index in [1.165, 1.54) is 32.4 Å². The second-order valence-electron chi connectivity index (χ2n) is 8.28. The number of aromatic amines is 1. The highest BCUT2D eigenvalue weighted by Crippen LogP contribution is 2.25. The third kappa shape index (κ3) is 4.25. The topological polar surface area (TPSA) is 104 Å². The summed E-state index contributed by atoms with van der Waals surface area (Å²) in [6.45, 7) is 3.99. The molecule has 2 aliphatic heterocycles. The van der Waals surface area contributed by atoms with Gasteiger partial charge in [-0.05, 0) is 62.9 Å². The van der Waals surface area contributed by atoms with Crippen LogP contribution in [0.1, 0.15) is 44.1 Å². The minimum absolute atomic E-state index is 0.129. The van der Waals surface area contributed by atoms with E-state index in [-0.39, 0.29) is 5.91 Å². The number of rotatable bonds is 4. The molecule has 0 spiro atoms. The van der Waals surface area contributed by atoms with Crippen molar-refractivity contribution in [2.24, 2.45) is 5.73 Å². The van der Waals surface area contributed by atoms with Crippen molar-refractivity contribution in [3.8, 4) is 0 Å². The number of hydrogen-bond acceptors (Lipinski definition) is 4. The first-order valence-electron chi connectivity index (χ1n) is 10.7. The fourth-order valence-corrected chi connectivity index (χ4v) is 5.04. The molecule has 30 heavy (non-hydrogen) atoms. The van der Waals surface area contributed by atoms with Crippen LogP contribution < -0.4 is 11.4 Å². The summed E-state index contributed by atoms with van der Waals surface area (Å²) >= 11 is 6.27. The SMILES string of the molecule is NC(=O)n1c(=O)[nH]c2c(Cl)cc(CCC(=O)N3CCC(N4CCCCC4)CC3)cc21. The molecule has 9 heteroatoms. The van der Waals surface area contributed by atoms with Crippen molar-refractivity contribution in [3.05, 3.63) is 33.2 Å². The fraction of sp³-hybridized carbons (Fsp3) is 0.571. The van der Waals surface area contributed by atoms with Crippen LogP contribution in [0.3, 0.4) is 0 Å². The molecule has 0 radical (unpaired) electrons. The smallest absolute Gasteiger partial charge is 0.334 e. The van der Waals surface area contributed by atoms with E-state index in [9.17, 15) is 14.4 Å². The van der Waals surface area contributed by atoms with Crippen LogP contribution >= 0.6 is 11.6 Å². The Morgan fingerprint density at radius 3 is 2.47 bits per heavy atom. The van der Waals surface area contributed by atoms with E-state index >= 15 is 0 Å². The molecule has 0 bridgehead atoms. The van der Waals surface area contributed by atoms with Gasteiger partial charge in [-0.3, -0.25) is 4.79 Å². The van der Waals surface area contributed by atoms with Gasteiger partial charge in [0.05, 0.1) is 16.1 Å². The Balaban J connectivity index is 1.37. The molecule has 2 aliphatic rings. The van der Waals surface area contributed by atoms with Gasteiger partial charge >= 0.3 is 11.7 Å². The van der Waals surface area contributed by atoms with Gasteiger partial charge in [-0.25, -0.2) is 14.2 Å². The molecule has 2 fully saturated rings. The van der Waals surface area contributed by atoms with Crippen LogP contribution in [0.2, 0.25) is 5.02 Å². The van der Waals surface area contributed by atoms with E-state index in [0.29, 0.717) is 34.9 Å². The zero-order valence-corrected chi connectivity index (χ0v) is 17.8. The molecule has 2 saturated heterocycles. The number of imidazole rings is 1. The number of fused-ring (bicyclic) bond motifs is 1. The van der Waals surface area contributed by atoms with Gasteiger partial charge in [-0.1, -0.05) is 18.0 Å². The molecule has 3 heterocycles. The first-order chi connectivity index (χ1) is 14.4. The summed E-state index contributed by atoms with van der Waals surface area (Å²) in [5.74, 6) is 0.129. The number of primary amides is 1. The number of likely N-dealkylation sites (tertiary alicyclic amines) is 2. The maximum absolute atomic E-state index is 12.7. The molecule has 1 aromatic carbocycles. The number of halogens is 1. The minimum Gasteiger partial charge on any atom is -0.351 e. The van der Waals surface area contributed by atoms with Gasteiger partial charge in [0.1, 0.15) is 0 Å². The number of carbonyl (C=O) groups is 2. The van der Waals surface area contributed by atoms with Gasteiger partial charge in [0.2, 0.25) is 5.91 Å². The normalized spacial score (nSPS) is 18.8. The lowest BCUT2D eigenvalue weighted by Crippen LogP contribution is -2.48. The number of benzene rings is 1. The maximum atomic E-state index is 12.7. The molecule has 8 nitrogen and oxygen atoms in total. The van der Waals surface area contributed by atoms with Gasteiger partial charge < -0.3 is 20.5 Å². The quantitative estimate of drug-likeness (QED) is 0.771. The average molecular weight is 434 g/mol. The molecular formula is C21H28ClN5O3. The number of nitrogens with zero attached hydrogens (tertiary/aromatic N) is 3. The molecule has 1 aromatic heterocycles. The van der Waals surface area contributed by atoms with Crippen LogP contribution in [-0.2, 0) is 11.2 Å². The second-order valence-corrected chi connectivity index (χ2v) is 8.69. The van der Waals surface area contributed by atoms with Gasteiger partial charge in [-0.2, -0.15) is 0 Å². The summed E-state index contributed by atoms with van der Waals surface area (Å²) < 4.78 is 0.859. The van der Waals surface area contributed by atoms with E-state index in [1.54, 1.807) is 12.1 Å². The molecule has 0 unspecified atom stereocenters. The number of nitrogens with two attached hydrogens (primary N) is 1. The predicted octanol–water partition coefficient (Wildman–Crippen LogP) is 2.32. The van der Waals surface area contributed by atoms with Gasteiger partial charge in [0.15, 0.2) is 0 Å². The highest BCUT2D eigenvalue weighted by Gasteiger charge is 2.27. The van der Waals surface area contributed by atoms with Crippen molar-refractivity contribution in [1.29, 1.82) is 0 Å². The number of aryl methyl sites for hydroxylation is 1. The number of piperidine rings is 2. The number of amides is 2. The molecule has 0 saturated carbocycles. The second kappa shape index (κ2) is 8.81.